The third kappa shape index (κ3) is 4.15. The Balaban J connectivity index is 1.81. The van der Waals surface area contributed by atoms with Crippen molar-refractivity contribution in [1.29, 1.82) is 0 Å². The van der Waals surface area contributed by atoms with Crippen LogP contribution in [-0.2, 0) is 4.79 Å². The average molecular weight is 326 g/mol. The lowest BCUT2D eigenvalue weighted by atomic mass is 10.1. The molecular weight excluding hydrogens is 304 g/mol. The minimum Gasteiger partial charge on any atom is -0.339 e. The van der Waals surface area contributed by atoms with Gasteiger partial charge in [0.1, 0.15) is 5.25 Å². The standard InChI is InChI=1S/C19H22N2OS/c1-20-12-14-21(15-13-20)19(22)18(16-8-4-2-5-9-16)23-17-10-6-3-7-11-17/h2-11,18H,12-15H2,1H3/t18-/m0/s1. The Morgan fingerprint density at radius 2 is 1.48 bits per heavy atom. The van der Waals surface area contributed by atoms with Crippen molar-refractivity contribution in [2.24, 2.45) is 0 Å². The molecule has 0 aliphatic carbocycles. The molecule has 0 radical (unpaired) electrons. The SMILES string of the molecule is CN1CCN(C(=O)[C@@H](Sc2ccccc2)c2ccccc2)CC1. The fraction of sp³-hybridized carbons (Fsp3) is 0.316. The van der Waals surface area contributed by atoms with Gasteiger partial charge in [-0.25, -0.2) is 0 Å². The summed E-state index contributed by atoms with van der Waals surface area (Å²) in [4.78, 5) is 18.5. The molecule has 1 aliphatic heterocycles. The first-order valence-corrected chi connectivity index (χ1v) is 8.86. The summed E-state index contributed by atoms with van der Waals surface area (Å²) in [6.45, 7) is 3.52. The molecule has 1 aliphatic rings. The van der Waals surface area contributed by atoms with Gasteiger partial charge in [0.15, 0.2) is 0 Å². The highest BCUT2D eigenvalue weighted by Gasteiger charge is 2.28. The molecule has 2 aromatic carbocycles. The quantitative estimate of drug-likeness (QED) is 0.806. The number of amides is 1. The molecule has 0 bridgehead atoms. The smallest absolute Gasteiger partial charge is 0.240 e. The van der Waals surface area contributed by atoms with Crippen molar-refractivity contribution in [2.75, 3.05) is 33.2 Å². The zero-order valence-corrected chi connectivity index (χ0v) is 14.2. The Morgan fingerprint density at radius 3 is 2.09 bits per heavy atom. The van der Waals surface area contributed by atoms with Gasteiger partial charge in [0, 0.05) is 31.1 Å². The Hall–Kier alpha value is -1.78. The maximum absolute atomic E-state index is 13.1. The summed E-state index contributed by atoms with van der Waals surface area (Å²) in [7, 11) is 2.11. The molecule has 3 rings (SSSR count). The maximum atomic E-state index is 13.1. The second-order valence-corrected chi connectivity index (χ2v) is 7.03. The molecule has 120 valence electrons. The van der Waals surface area contributed by atoms with Crippen LogP contribution in [0.1, 0.15) is 10.8 Å². The van der Waals surface area contributed by atoms with Crippen molar-refractivity contribution in [2.45, 2.75) is 10.1 Å². The van der Waals surface area contributed by atoms with E-state index in [2.05, 4.69) is 36.2 Å². The zero-order chi connectivity index (χ0) is 16.1. The minimum atomic E-state index is -0.179. The number of hydrogen-bond acceptors (Lipinski definition) is 3. The van der Waals surface area contributed by atoms with E-state index in [1.807, 2.05) is 41.3 Å². The van der Waals surface area contributed by atoms with E-state index in [0.29, 0.717) is 0 Å². The Bertz CT molecular complexity index is 624. The van der Waals surface area contributed by atoms with Crippen LogP contribution in [0.3, 0.4) is 0 Å². The van der Waals surface area contributed by atoms with Gasteiger partial charge in [-0.05, 0) is 24.7 Å². The fourth-order valence-corrected chi connectivity index (χ4v) is 3.85. The number of hydrogen-bond donors (Lipinski definition) is 0. The monoisotopic (exact) mass is 326 g/mol. The van der Waals surface area contributed by atoms with E-state index in [0.717, 1.165) is 36.6 Å². The molecule has 3 nitrogen and oxygen atoms in total. The lowest BCUT2D eigenvalue weighted by molar-refractivity contribution is -0.132. The van der Waals surface area contributed by atoms with Gasteiger partial charge in [-0.1, -0.05) is 48.5 Å². The van der Waals surface area contributed by atoms with Crippen LogP contribution in [-0.4, -0.2) is 48.9 Å². The van der Waals surface area contributed by atoms with Crippen LogP contribution >= 0.6 is 11.8 Å². The van der Waals surface area contributed by atoms with Crippen LogP contribution in [0.4, 0.5) is 0 Å². The van der Waals surface area contributed by atoms with E-state index in [-0.39, 0.29) is 11.2 Å². The molecule has 1 fully saturated rings. The summed E-state index contributed by atoms with van der Waals surface area (Å²) in [5, 5.41) is -0.179. The first-order chi connectivity index (χ1) is 11.2. The normalized spacial score (nSPS) is 17.0. The predicted molar refractivity (Wildman–Crippen MR) is 95.6 cm³/mol. The van der Waals surface area contributed by atoms with E-state index in [1.165, 1.54) is 0 Å². The molecule has 1 atom stereocenters. The van der Waals surface area contributed by atoms with Crippen molar-refractivity contribution < 1.29 is 4.79 Å². The van der Waals surface area contributed by atoms with Gasteiger partial charge in [0.25, 0.3) is 0 Å². The third-order valence-corrected chi connectivity index (χ3v) is 5.39. The van der Waals surface area contributed by atoms with Crippen LogP contribution < -0.4 is 0 Å². The molecule has 0 unspecified atom stereocenters. The van der Waals surface area contributed by atoms with Gasteiger partial charge in [0.05, 0.1) is 0 Å². The molecular formula is C19H22N2OS. The first kappa shape index (κ1) is 16.1. The second kappa shape index (κ2) is 7.66. The number of likely N-dealkylation sites (N-methyl/N-ethyl adjacent to an activating group) is 1. The summed E-state index contributed by atoms with van der Waals surface area (Å²) < 4.78 is 0. The molecule has 0 N–H and O–H groups in total. The van der Waals surface area contributed by atoms with Gasteiger partial charge >= 0.3 is 0 Å². The molecule has 1 heterocycles. The summed E-state index contributed by atoms with van der Waals surface area (Å²) in [6.07, 6.45) is 0. The lowest BCUT2D eigenvalue weighted by Crippen LogP contribution is -2.48. The van der Waals surface area contributed by atoms with Crippen LogP contribution in [0, 0.1) is 0 Å². The van der Waals surface area contributed by atoms with Gasteiger partial charge in [0.2, 0.25) is 5.91 Å². The number of nitrogens with zero attached hydrogens (tertiary/aromatic N) is 2. The molecule has 1 saturated heterocycles. The van der Waals surface area contributed by atoms with E-state index in [9.17, 15) is 4.79 Å². The molecule has 2 aromatic rings. The molecule has 4 heteroatoms. The van der Waals surface area contributed by atoms with Crippen LogP contribution in [0.15, 0.2) is 65.6 Å². The number of piperazine rings is 1. The summed E-state index contributed by atoms with van der Waals surface area (Å²) in [5.41, 5.74) is 1.07. The average Bonchev–Trinajstić information content (AvgIpc) is 2.61. The molecule has 0 saturated carbocycles. The number of carbonyl (C=O) groups is 1. The number of thioether (sulfide) groups is 1. The fourth-order valence-electron chi connectivity index (χ4n) is 2.72. The highest BCUT2D eigenvalue weighted by atomic mass is 32.2. The van der Waals surface area contributed by atoms with Crippen molar-refractivity contribution in [3.63, 3.8) is 0 Å². The first-order valence-electron chi connectivity index (χ1n) is 7.98. The van der Waals surface area contributed by atoms with E-state index in [4.69, 9.17) is 0 Å². The summed E-state index contributed by atoms with van der Waals surface area (Å²) >= 11 is 1.64. The van der Waals surface area contributed by atoms with Gasteiger partial charge in [-0.3, -0.25) is 4.79 Å². The number of carbonyl (C=O) groups excluding carboxylic acids is 1. The van der Waals surface area contributed by atoms with Gasteiger partial charge in [-0.2, -0.15) is 0 Å². The van der Waals surface area contributed by atoms with Crippen LogP contribution in [0.5, 0.6) is 0 Å². The van der Waals surface area contributed by atoms with Crippen LogP contribution in [0.25, 0.3) is 0 Å². The predicted octanol–water partition coefficient (Wildman–Crippen LogP) is 3.29. The second-order valence-electron chi connectivity index (χ2n) is 5.85. The van der Waals surface area contributed by atoms with Crippen molar-refractivity contribution >= 4 is 17.7 Å². The minimum absolute atomic E-state index is 0.179. The molecule has 1 amide bonds. The summed E-state index contributed by atoms with van der Waals surface area (Å²) in [6, 6.07) is 20.3. The summed E-state index contributed by atoms with van der Waals surface area (Å²) in [5.74, 6) is 0.221. The number of benzene rings is 2. The highest BCUT2D eigenvalue weighted by Crippen LogP contribution is 2.36. The van der Waals surface area contributed by atoms with Crippen molar-refractivity contribution in [1.82, 2.24) is 9.80 Å². The molecule has 0 spiro atoms. The van der Waals surface area contributed by atoms with E-state index in [1.54, 1.807) is 11.8 Å². The number of rotatable bonds is 4. The van der Waals surface area contributed by atoms with Crippen LogP contribution in [0.2, 0.25) is 0 Å². The molecule has 23 heavy (non-hydrogen) atoms. The highest BCUT2D eigenvalue weighted by molar-refractivity contribution is 8.00. The Kier molecular flexibility index (Phi) is 5.36. The Labute approximate surface area is 142 Å². The maximum Gasteiger partial charge on any atom is 0.240 e. The van der Waals surface area contributed by atoms with E-state index < -0.39 is 0 Å². The lowest BCUT2D eigenvalue weighted by Gasteiger charge is -2.34. The van der Waals surface area contributed by atoms with Gasteiger partial charge < -0.3 is 9.80 Å². The van der Waals surface area contributed by atoms with Crippen molar-refractivity contribution in [3.05, 3.63) is 66.2 Å². The largest absolute Gasteiger partial charge is 0.339 e. The zero-order valence-electron chi connectivity index (χ0n) is 13.4. The Morgan fingerprint density at radius 1 is 0.913 bits per heavy atom. The topological polar surface area (TPSA) is 23.6 Å². The molecule has 0 aromatic heterocycles. The van der Waals surface area contributed by atoms with Crippen molar-refractivity contribution in [3.8, 4) is 0 Å². The third-order valence-electron chi connectivity index (χ3n) is 4.14. The van der Waals surface area contributed by atoms with Gasteiger partial charge in [-0.15, -0.1) is 11.8 Å². The van der Waals surface area contributed by atoms with E-state index >= 15 is 0 Å².